The highest BCUT2D eigenvalue weighted by Crippen LogP contribution is 2.20. The first-order chi connectivity index (χ1) is 17.3. The molecule has 0 bridgehead atoms. The van der Waals surface area contributed by atoms with Crippen molar-refractivity contribution in [3.05, 3.63) is 107 Å². The van der Waals surface area contributed by atoms with Crippen molar-refractivity contribution in [1.29, 1.82) is 0 Å². The van der Waals surface area contributed by atoms with E-state index in [1.165, 1.54) is 16.7 Å². The Labute approximate surface area is 220 Å². The van der Waals surface area contributed by atoms with Crippen molar-refractivity contribution < 1.29 is 9.59 Å². The largest absolute Gasteiger partial charge is 0.354 e. The van der Waals surface area contributed by atoms with E-state index in [0.29, 0.717) is 31.2 Å². The van der Waals surface area contributed by atoms with Gasteiger partial charge >= 0.3 is 0 Å². The van der Waals surface area contributed by atoms with Crippen LogP contribution in [0.2, 0.25) is 0 Å². The first-order valence-corrected chi connectivity index (χ1v) is 13.8. The molecule has 1 N–H and O–H groups in total. The first-order valence-electron chi connectivity index (χ1n) is 12.6. The molecule has 0 heterocycles. The second kappa shape index (κ2) is 13.9. The molecule has 0 fully saturated rings. The summed E-state index contributed by atoms with van der Waals surface area (Å²) in [6.45, 7) is 9.27. The van der Waals surface area contributed by atoms with Gasteiger partial charge in [-0.1, -0.05) is 98.3 Å². The number of amides is 2. The number of carbonyl (C=O) groups excluding carboxylic acids is 2. The summed E-state index contributed by atoms with van der Waals surface area (Å²) in [5, 5.41) is 3.08. The molecule has 5 heteroatoms. The van der Waals surface area contributed by atoms with Gasteiger partial charge in [-0.3, -0.25) is 9.59 Å². The van der Waals surface area contributed by atoms with E-state index in [0.717, 1.165) is 16.9 Å². The lowest BCUT2D eigenvalue weighted by atomic mass is 10.0. The third-order valence-electron chi connectivity index (χ3n) is 6.17. The molecule has 2 amide bonds. The fourth-order valence-corrected chi connectivity index (χ4v) is 4.96. The minimum Gasteiger partial charge on any atom is -0.354 e. The van der Waals surface area contributed by atoms with E-state index in [2.05, 4.69) is 50.4 Å². The highest BCUT2D eigenvalue weighted by Gasteiger charge is 2.30. The van der Waals surface area contributed by atoms with Crippen LogP contribution in [0.3, 0.4) is 0 Å². The van der Waals surface area contributed by atoms with Crippen molar-refractivity contribution >= 4 is 23.6 Å². The van der Waals surface area contributed by atoms with E-state index < -0.39 is 6.04 Å². The lowest BCUT2D eigenvalue weighted by Gasteiger charge is -2.32. The van der Waals surface area contributed by atoms with Gasteiger partial charge in [-0.25, -0.2) is 0 Å². The smallest absolute Gasteiger partial charge is 0.243 e. The molecular formula is C31H38N2O2S. The lowest BCUT2D eigenvalue weighted by Crippen LogP contribution is -2.51. The van der Waals surface area contributed by atoms with Gasteiger partial charge in [0.25, 0.3) is 0 Å². The van der Waals surface area contributed by atoms with Crippen molar-refractivity contribution in [2.75, 3.05) is 12.3 Å². The molecular weight excluding hydrogens is 464 g/mol. The zero-order chi connectivity index (χ0) is 25.9. The van der Waals surface area contributed by atoms with Crippen LogP contribution in [0.1, 0.15) is 41.7 Å². The van der Waals surface area contributed by atoms with Gasteiger partial charge in [0, 0.05) is 25.3 Å². The predicted molar refractivity (Wildman–Crippen MR) is 151 cm³/mol. The second-order valence-corrected chi connectivity index (χ2v) is 10.8. The zero-order valence-corrected chi connectivity index (χ0v) is 22.7. The Balaban J connectivity index is 1.84. The molecule has 190 valence electrons. The van der Waals surface area contributed by atoms with Crippen LogP contribution < -0.4 is 5.32 Å². The van der Waals surface area contributed by atoms with Crippen molar-refractivity contribution in [2.45, 2.75) is 52.5 Å². The summed E-state index contributed by atoms with van der Waals surface area (Å²) in [5.74, 6) is 1.30. The number of nitrogens with one attached hydrogen (secondary N) is 1. The minimum atomic E-state index is -0.584. The summed E-state index contributed by atoms with van der Waals surface area (Å²) in [4.78, 5) is 28.9. The molecule has 0 aliphatic heterocycles. The third kappa shape index (κ3) is 8.56. The molecule has 0 saturated heterocycles. The van der Waals surface area contributed by atoms with Crippen LogP contribution in [0.25, 0.3) is 0 Å². The van der Waals surface area contributed by atoms with E-state index in [1.54, 1.807) is 16.7 Å². The average molecular weight is 503 g/mol. The Morgan fingerprint density at radius 1 is 0.861 bits per heavy atom. The molecule has 0 aromatic heterocycles. The quantitative estimate of drug-likeness (QED) is 0.333. The van der Waals surface area contributed by atoms with Gasteiger partial charge in [-0.15, -0.1) is 11.8 Å². The molecule has 36 heavy (non-hydrogen) atoms. The predicted octanol–water partition coefficient (Wildman–Crippen LogP) is 5.95. The fourth-order valence-electron chi connectivity index (χ4n) is 3.97. The van der Waals surface area contributed by atoms with Gasteiger partial charge in [0.1, 0.15) is 6.04 Å². The Morgan fingerprint density at radius 2 is 1.53 bits per heavy atom. The number of hydrogen-bond acceptors (Lipinski definition) is 3. The maximum Gasteiger partial charge on any atom is 0.243 e. The van der Waals surface area contributed by atoms with E-state index >= 15 is 0 Å². The molecule has 3 rings (SSSR count). The molecule has 0 radical (unpaired) electrons. The number of aryl methyl sites for hydroxylation is 2. The molecule has 3 aromatic rings. The van der Waals surface area contributed by atoms with Gasteiger partial charge in [-0.05, 0) is 42.0 Å². The van der Waals surface area contributed by atoms with Gasteiger partial charge < -0.3 is 10.2 Å². The SMILES string of the molecule is Cc1ccc(CN(C(=O)CSCc2ccccc2C)C(Cc2ccccc2)C(=O)NCC(C)C)cc1. The third-order valence-corrected chi connectivity index (χ3v) is 7.14. The molecule has 1 atom stereocenters. The molecule has 0 aliphatic rings. The van der Waals surface area contributed by atoms with Gasteiger partial charge in [0.15, 0.2) is 0 Å². The van der Waals surface area contributed by atoms with Crippen molar-refractivity contribution in [2.24, 2.45) is 5.92 Å². The number of nitrogens with zero attached hydrogens (tertiary/aromatic N) is 1. The maximum atomic E-state index is 13.7. The topological polar surface area (TPSA) is 49.4 Å². The number of thioether (sulfide) groups is 1. The number of rotatable bonds is 12. The molecule has 0 spiro atoms. The maximum absolute atomic E-state index is 13.7. The van der Waals surface area contributed by atoms with E-state index in [-0.39, 0.29) is 11.8 Å². The summed E-state index contributed by atoms with van der Waals surface area (Å²) < 4.78 is 0. The number of benzene rings is 3. The van der Waals surface area contributed by atoms with Crippen LogP contribution in [0.4, 0.5) is 0 Å². The summed E-state index contributed by atoms with van der Waals surface area (Å²) in [6.07, 6.45) is 0.477. The number of hydrogen-bond donors (Lipinski definition) is 1. The van der Waals surface area contributed by atoms with E-state index in [4.69, 9.17) is 0 Å². The summed E-state index contributed by atoms with van der Waals surface area (Å²) in [5.41, 5.74) is 5.69. The zero-order valence-electron chi connectivity index (χ0n) is 21.9. The second-order valence-electron chi connectivity index (χ2n) is 9.77. The highest BCUT2D eigenvalue weighted by molar-refractivity contribution is 7.99. The summed E-state index contributed by atoms with van der Waals surface area (Å²) in [7, 11) is 0. The van der Waals surface area contributed by atoms with Gasteiger partial charge in [0.05, 0.1) is 5.75 Å². The fraction of sp³-hybridized carbons (Fsp3) is 0.355. The molecule has 4 nitrogen and oxygen atoms in total. The van der Waals surface area contributed by atoms with Crippen LogP contribution in [0.15, 0.2) is 78.9 Å². The Bertz CT molecular complexity index is 1110. The Morgan fingerprint density at radius 3 is 2.19 bits per heavy atom. The monoisotopic (exact) mass is 502 g/mol. The van der Waals surface area contributed by atoms with E-state index in [9.17, 15) is 9.59 Å². The average Bonchev–Trinajstić information content (AvgIpc) is 2.87. The summed E-state index contributed by atoms with van der Waals surface area (Å²) >= 11 is 1.60. The summed E-state index contributed by atoms with van der Waals surface area (Å²) in [6, 6.07) is 25.8. The van der Waals surface area contributed by atoms with Crippen LogP contribution in [0.5, 0.6) is 0 Å². The number of carbonyl (C=O) groups is 2. The minimum absolute atomic E-state index is 0.0187. The van der Waals surface area contributed by atoms with Crippen LogP contribution in [-0.4, -0.2) is 35.1 Å². The van der Waals surface area contributed by atoms with Crippen LogP contribution >= 0.6 is 11.8 Å². The molecule has 0 aliphatic carbocycles. The lowest BCUT2D eigenvalue weighted by molar-refractivity contribution is -0.139. The Kier molecular flexibility index (Phi) is 10.6. The molecule has 3 aromatic carbocycles. The van der Waals surface area contributed by atoms with Crippen molar-refractivity contribution in [3.8, 4) is 0 Å². The van der Waals surface area contributed by atoms with E-state index in [1.807, 2.05) is 61.5 Å². The first kappa shape index (κ1) is 27.5. The molecule has 0 saturated carbocycles. The molecule has 1 unspecified atom stereocenters. The van der Waals surface area contributed by atoms with Crippen LogP contribution in [-0.2, 0) is 28.3 Å². The van der Waals surface area contributed by atoms with Crippen molar-refractivity contribution in [1.82, 2.24) is 10.2 Å². The van der Waals surface area contributed by atoms with Gasteiger partial charge in [-0.2, -0.15) is 0 Å². The normalized spacial score (nSPS) is 11.8. The van der Waals surface area contributed by atoms with Crippen molar-refractivity contribution in [3.63, 3.8) is 0 Å². The highest BCUT2D eigenvalue weighted by atomic mass is 32.2. The Hall–Kier alpha value is -3.05. The standard InChI is InChI=1S/C31H38N2O2S/c1-23(2)19-32-31(35)29(18-26-11-6-5-7-12-26)33(20-27-16-14-24(3)15-17-27)30(34)22-36-21-28-13-9-8-10-25(28)4/h5-17,23,29H,18-22H2,1-4H3,(H,32,35). The van der Waals surface area contributed by atoms with Crippen LogP contribution in [0, 0.1) is 19.8 Å². The van der Waals surface area contributed by atoms with Gasteiger partial charge in [0.2, 0.25) is 11.8 Å².